The van der Waals surface area contributed by atoms with E-state index in [4.69, 9.17) is 9.15 Å². The monoisotopic (exact) mass is 209 g/mol. The highest BCUT2D eigenvalue weighted by Crippen LogP contribution is 2.28. The van der Waals surface area contributed by atoms with Gasteiger partial charge in [0.05, 0.1) is 12.8 Å². The van der Waals surface area contributed by atoms with Gasteiger partial charge in [-0.1, -0.05) is 6.92 Å². The molecule has 2 rings (SSSR count). The van der Waals surface area contributed by atoms with Gasteiger partial charge in [0, 0.05) is 19.8 Å². The molecule has 1 aliphatic rings. The van der Waals surface area contributed by atoms with Gasteiger partial charge in [0.2, 0.25) is 0 Å². The summed E-state index contributed by atoms with van der Waals surface area (Å²) < 4.78 is 10.6. The highest BCUT2D eigenvalue weighted by atomic mass is 16.5. The topological polar surface area (TPSA) is 34.4 Å². The Morgan fingerprint density at radius 3 is 2.87 bits per heavy atom. The molecule has 84 valence electrons. The lowest BCUT2D eigenvalue weighted by Crippen LogP contribution is -2.36. The molecule has 0 aromatic carbocycles. The number of nitrogens with one attached hydrogen (secondary N) is 1. The third-order valence-electron chi connectivity index (χ3n) is 3.13. The predicted molar refractivity (Wildman–Crippen MR) is 58.6 cm³/mol. The summed E-state index contributed by atoms with van der Waals surface area (Å²) in [6, 6.07) is 3.92. The Hall–Kier alpha value is -0.800. The van der Waals surface area contributed by atoms with Gasteiger partial charge in [0.25, 0.3) is 0 Å². The zero-order chi connectivity index (χ0) is 10.6. The lowest BCUT2D eigenvalue weighted by atomic mass is 9.82. The van der Waals surface area contributed by atoms with Gasteiger partial charge in [0.15, 0.2) is 0 Å². The van der Waals surface area contributed by atoms with Crippen LogP contribution in [0.15, 0.2) is 22.8 Å². The van der Waals surface area contributed by atoms with Crippen molar-refractivity contribution in [3.63, 3.8) is 0 Å². The molecule has 3 heteroatoms. The first kappa shape index (κ1) is 10.7. The van der Waals surface area contributed by atoms with Crippen LogP contribution in [0.3, 0.4) is 0 Å². The van der Waals surface area contributed by atoms with Crippen LogP contribution in [0, 0.1) is 5.41 Å². The molecule has 1 aromatic rings. The van der Waals surface area contributed by atoms with Gasteiger partial charge in [-0.15, -0.1) is 0 Å². The fourth-order valence-electron chi connectivity index (χ4n) is 1.94. The second kappa shape index (κ2) is 4.81. The number of furan rings is 1. The van der Waals surface area contributed by atoms with E-state index in [2.05, 4.69) is 12.2 Å². The Balaban J connectivity index is 1.72. The fraction of sp³-hybridized carbons (Fsp3) is 0.667. The Bertz CT molecular complexity index is 276. The van der Waals surface area contributed by atoms with E-state index < -0.39 is 0 Å². The summed E-state index contributed by atoms with van der Waals surface area (Å²) in [5.41, 5.74) is 0.394. The number of hydrogen-bond donors (Lipinski definition) is 1. The molecule has 0 spiro atoms. The van der Waals surface area contributed by atoms with Crippen molar-refractivity contribution in [2.45, 2.75) is 26.3 Å². The van der Waals surface area contributed by atoms with Crippen molar-refractivity contribution in [3.8, 4) is 0 Å². The Morgan fingerprint density at radius 2 is 2.20 bits per heavy atom. The molecule has 2 heterocycles. The average Bonchev–Trinajstić information content (AvgIpc) is 2.71. The molecule has 0 radical (unpaired) electrons. The number of ether oxygens (including phenoxy) is 1. The summed E-state index contributed by atoms with van der Waals surface area (Å²) in [7, 11) is 0. The van der Waals surface area contributed by atoms with Gasteiger partial charge in [-0.3, -0.25) is 0 Å². The molecule has 1 aliphatic heterocycles. The molecule has 0 amide bonds. The van der Waals surface area contributed by atoms with Crippen molar-refractivity contribution >= 4 is 0 Å². The van der Waals surface area contributed by atoms with E-state index in [-0.39, 0.29) is 0 Å². The maximum absolute atomic E-state index is 5.37. The molecule has 15 heavy (non-hydrogen) atoms. The molecule has 0 unspecified atom stereocenters. The Labute approximate surface area is 90.8 Å². The van der Waals surface area contributed by atoms with Crippen LogP contribution in [0.25, 0.3) is 0 Å². The summed E-state index contributed by atoms with van der Waals surface area (Å²) in [6.07, 6.45) is 4.02. The van der Waals surface area contributed by atoms with Crippen LogP contribution >= 0.6 is 0 Å². The largest absolute Gasteiger partial charge is 0.468 e. The SMILES string of the molecule is CC1(CNCc2ccco2)CCOCC1. The molecule has 0 bridgehead atoms. The molecule has 1 aromatic heterocycles. The minimum absolute atomic E-state index is 0.394. The van der Waals surface area contributed by atoms with E-state index in [0.29, 0.717) is 5.41 Å². The van der Waals surface area contributed by atoms with Crippen molar-refractivity contribution in [2.75, 3.05) is 19.8 Å². The van der Waals surface area contributed by atoms with E-state index in [1.165, 1.54) is 0 Å². The van der Waals surface area contributed by atoms with Gasteiger partial charge >= 0.3 is 0 Å². The van der Waals surface area contributed by atoms with E-state index >= 15 is 0 Å². The minimum Gasteiger partial charge on any atom is -0.468 e. The maximum atomic E-state index is 5.37. The summed E-state index contributed by atoms with van der Waals surface area (Å²) in [5.74, 6) is 1.01. The first-order valence-corrected chi connectivity index (χ1v) is 5.59. The highest BCUT2D eigenvalue weighted by molar-refractivity contribution is 4.97. The van der Waals surface area contributed by atoms with Crippen LogP contribution in [0.2, 0.25) is 0 Å². The second-order valence-corrected chi connectivity index (χ2v) is 4.61. The third kappa shape index (κ3) is 3.08. The molecule has 0 saturated carbocycles. The van der Waals surface area contributed by atoms with E-state index in [0.717, 1.165) is 44.9 Å². The van der Waals surface area contributed by atoms with Gasteiger partial charge in [-0.25, -0.2) is 0 Å². The summed E-state index contributed by atoms with van der Waals surface area (Å²) >= 11 is 0. The van der Waals surface area contributed by atoms with Gasteiger partial charge in [-0.2, -0.15) is 0 Å². The van der Waals surface area contributed by atoms with Crippen molar-refractivity contribution < 1.29 is 9.15 Å². The third-order valence-corrected chi connectivity index (χ3v) is 3.13. The second-order valence-electron chi connectivity index (χ2n) is 4.61. The molecule has 3 nitrogen and oxygen atoms in total. The van der Waals surface area contributed by atoms with E-state index in [9.17, 15) is 0 Å². The smallest absolute Gasteiger partial charge is 0.117 e. The zero-order valence-corrected chi connectivity index (χ0v) is 9.29. The number of rotatable bonds is 4. The first-order chi connectivity index (χ1) is 7.29. The van der Waals surface area contributed by atoms with Crippen LogP contribution in [0.1, 0.15) is 25.5 Å². The van der Waals surface area contributed by atoms with Crippen LogP contribution in [0.5, 0.6) is 0 Å². The van der Waals surface area contributed by atoms with Crippen molar-refractivity contribution in [3.05, 3.63) is 24.2 Å². The minimum atomic E-state index is 0.394. The van der Waals surface area contributed by atoms with Gasteiger partial charge in [0.1, 0.15) is 5.76 Å². The lowest BCUT2D eigenvalue weighted by molar-refractivity contribution is 0.0238. The summed E-state index contributed by atoms with van der Waals surface area (Å²) in [4.78, 5) is 0. The Morgan fingerprint density at radius 1 is 1.40 bits per heavy atom. The maximum Gasteiger partial charge on any atom is 0.117 e. The zero-order valence-electron chi connectivity index (χ0n) is 9.29. The van der Waals surface area contributed by atoms with E-state index in [1.807, 2.05) is 12.1 Å². The van der Waals surface area contributed by atoms with Crippen LogP contribution in [-0.2, 0) is 11.3 Å². The van der Waals surface area contributed by atoms with Gasteiger partial charge < -0.3 is 14.5 Å². The fourth-order valence-corrected chi connectivity index (χ4v) is 1.94. The van der Waals surface area contributed by atoms with E-state index in [1.54, 1.807) is 6.26 Å². The summed E-state index contributed by atoms with van der Waals surface area (Å²) in [5, 5.41) is 3.45. The van der Waals surface area contributed by atoms with Crippen LogP contribution < -0.4 is 5.32 Å². The molecule has 1 fully saturated rings. The number of hydrogen-bond acceptors (Lipinski definition) is 3. The van der Waals surface area contributed by atoms with Gasteiger partial charge in [-0.05, 0) is 30.4 Å². The molecular formula is C12H19NO2. The molecule has 1 saturated heterocycles. The molecule has 0 atom stereocenters. The quantitative estimate of drug-likeness (QED) is 0.825. The predicted octanol–water partition coefficient (Wildman–Crippen LogP) is 2.19. The molecule has 0 aliphatic carbocycles. The van der Waals surface area contributed by atoms with Crippen molar-refractivity contribution in [1.29, 1.82) is 0 Å². The normalized spacial score (nSPS) is 20.3. The summed E-state index contributed by atoms with van der Waals surface area (Å²) in [6.45, 7) is 5.99. The lowest BCUT2D eigenvalue weighted by Gasteiger charge is -2.33. The van der Waals surface area contributed by atoms with Crippen molar-refractivity contribution in [2.24, 2.45) is 5.41 Å². The Kier molecular flexibility index (Phi) is 3.44. The first-order valence-electron chi connectivity index (χ1n) is 5.59. The standard InChI is InChI=1S/C12H19NO2/c1-12(4-7-14-8-5-12)10-13-9-11-3-2-6-15-11/h2-3,6,13H,4-5,7-10H2,1H3. The van der Waals surface area contributed by atoms with Crippen LogP contribution in [-0.4, -0.2) is 19.8 Å². The highest BCUT2D eigenvalue weighted by Gasteiger charge is 2.26. The van der Waals surface area contributed by atoms with Crippen molar-refractivity contribution in [1.82, 2.24) is 5.32 Å². The molecular weight excluding hydrogens is 190 g/mol. The van der Waals surface area contributed by atoms with Crippen LogP contribution in [0.4, 0.5) is 0 Å². The average molecular weight is 209 g/mol. The molecule has 1 N–H and O–H groups in total.